The minimum Gasteiger partial charge on any atom is -0.435 e. The average molecular weight is 176 g/mol. The van der Waals surface area contributed by atoms with Gasteiger partial charge in [-0.05, 0) is 20.8 Å². The molecule has 0 heterocycles. The molecule has 0 saturated heterocycles. The minimum absolute atomic E-state index is 0.632. The van der Waals surface area contributed by atoms with Gasteiger partial charge in [-0.2, -0.15) is 4.79 Å². The molecule has 0 aromatic rings. The van der Waals surface area contributed by atoms with Crippen LogP contribution in [0.4, 0.5) is 4.79 Å². The van der Waals surface area contributed by atoms with Gasteiger partial charge in [-0.3, -0.25) is 0 Å². The first-order valence-electron chi connectivity index (χ1n) is 3.35. The van der Waals surface area contributed by atoms with Crippen molar-refractivity contribution in [3.8, 4) is 0 Å². The van der Waals surface area contributed by atoms with E-state index in [0.29, 0.717) is 0 Å². The van der Waals surface area contributed by atoms with E-state index < -0.39 is 17.5 Å². The lowest BCUT2D eigenvalue weighted by molar-refractivity contribution is -0.250. The summed E-state index contributed by atoms with van der Waals surface area (Å²) in [7, 11) is 1.12. The van der Waals surface area contributed by atoms with E-state index in [1.165, 1.54) is 0 Å². The molecule has 12 heavy (non-hydrogen) atoms. The summed E-state index contributed by atoms with van der Waals surface area (Å²) < 4.78 is 4.07. The summed E-state index contributed by atoms with van der Waals surface area (Å²) in [5, 5.41) is 0. The Hall–Kier alpha value is -1.26. The molecule has 0 aromatic heterocycles. The summed E-state index contributed by atoms with van der Waals surface area (Å²) >= 11 is 0. The summed E-state index contributed by atoms with van der Waals surface area (Å²) in [6.07, 6.45) is -1.05. The smallest absolute Gasteiger partial charge is 0.435 e. The van der Waals surface area contributed by atoms with E-state index in [4.69, 9.17) is 0 Å². The van der Waals surface area contributed by atoms with Gasteiger partial charge in [0.2, 0.25) is 0 Å². The molecule has 0 rings (SSSR count). The molecule has 0 atom stereocenters. The van der Waals surface area contributed by atoms with Gasteiger partial charge >= 0.3 is 12.1 Å². The number of rotatable bonds is 0. The summed E-state index contributed by atoms with van der Waals surface area (Å²) in [5.41, 5.74) is -0.700. The van der Waals surface area contributed by atoms with E-state index in [0.717, 1.165) is 7.11 Å². The highest BCUT2D eigenvalue weighted by Crippen LogP contribution is 2.15. The molecule has 5 heteroatoms. The second kappa shape index (κ2) is 3.94. The van der Waals surface area contributed by atoms with Crippen molar-refractivity contribution in [3.05, 3.63) is 0 Å². The van der Waals surface area contributed by atoms with Crippen LogP contribution in [0.5, 0.6) is 0 Å². The number of carbonyl (C=O) groups is 2. The van der Waals surface area contributed by atoms with Gasteiger partial charge in [0, 0.05) is 0 Å². The number of carbonyl (C=O) groups excluding carboxylic acids is 2. The van der Waals surface area contributed by atoms with Crippen LogP contribution in [0.2, 0.25) is 0 Å². The maximum Gasteiger partial charge on any atom is 0.549 e. The largest absolute Gasteiger partial charge is 0.549 e. The molecule has 0 spiro atoms. The van der Waals surface area contributed by atoms with Crippen molar-refractivity contribution in [1.29, 1.82) is 0 Å². The fourth-order valence-electron chi connectivity index (χ4n) is 0.231. The first-order valence-corrected chi connectivity index (χ1v) is 3.35. The maximum absolute atomic E-state index is 10.9. The van der Waals surface area contributed by atoms with Crippen LogP contribution in [0, 0.1) is 5.41 Å². The Morgan fingerprint density at radius 2 is 1.58 bits per heavy atom. The molecule has 0 N–H and O–H groups in total. The van der Waals surface area contributed by atoms with Gasteiger partial charge in [-0.25, -0.2) is 14.6 Å². The molecule has 0 aliphatic carbocycles. The SMILES string of the molecule is COC(=O)OOC(=O)C(C)(C)C. The van der Waals surface area contributed by atoms with Crippen molar-refractivity contribution in [2.24, 2.45) is 5.41 Å². The highest BCUT2D eigenvalue weighted by molar-refractivity contribution is 5.75. The van der Waals surface area contributed by atoms with E-state index in [1.54, 1.807) is 20.8 Å². The number of hydrogen-bond donors (Lipinski definition) is 0. The Balaban J connectivity index is 3.81. The lowest BCUT2D eigenvalue weighted by atomic mass is 9.98. The fourth-order valence-corrected chi connectivity index (χ4v) is 0.231. The number of hydrogen-bond acceptors (Lipinski definition) is 5. The Kier molecular flexibility index (Phi) is 3.53. The van der Waals surface area contributed by atoms with Gasteiger partial charge in [-0.1, -0.05) is 0 Å². The third-order valence-electron chi connectivity index (χ3n) is 0.964. The lowest BCUT2D eigenvalue weighted by Crippen LogP contribution is -2.24. The minimum atomic E-state index is -1.05. The number of methoxy groups -OCH3 is 1. The zero-order valence-electron chi connectivity index (χ0n) is 7.54. The molecular formula is C7H12O5. The van der Waals surface area contributed by atoms with Crippen LogP contribution in [-0.4, -0.2) is 19.2 Å². The van der Waals surface area contributed by atoms with Gasteiger partial charge < -0.3 is 4.74 Å². The molecule has 0 aliphatic heterocycles. The Morgan fingerprint density at radius 1 is 1.08 bits per heavy atom. The first-order chi connectivity index (χ1) is 5.38. The molecule has 0 unspecified atom stereocenters. The fraction of sp³-hybridized carbons (Fsp3) is 0.714. The predicted molar refractivity (Wildman–Crippen MR) is 39.0 cm³/mol. The zero-order chi connectivity index (χ0) is 9.78. The first kappa shape index (κ1) is 10.7. The topological polar surface area (TPSA) is 61.8 Å². The Labute approximate surface area is 70.5 Å². The van der Waals surface area contributed by atoms with Crippen molar-refractivity contribution >= 4 is 12.1 Å². The summed E-state index contributed by atoms with van der Waals surface area (Å²) in [6.45, 7) is 4.90. The van der Waals surface area contributed by atoms with Crippen LogP contribution in [-0.2, 0) is 19.3 Å². The zero-order valence-corrected chi connectivity index (χ0v) is 7.54. The average Bonchev–Trinajstić information content (AvgIpc) is 1.97. The van der Waals surface area contributed by atoms with E-state index in [-0.39, 0.29) is 0 Å². The Bertz CT molecular complexity index is 179. The van der Waals surface area contributed by atoms with Crippen LogP contribution >= 0.6 is 0 Å². The number of ether oxygens (including phenoxy) is 1. The lowest BCUT2D eigenvalue weighted by Gasteiger charge is -2.13. The molecule has 0 bridgehead atoms. The molecule has 0 aliphatic rings. The van der Waals surface area contributed by atoms with Crippen molar-refractivity contribution in [3.63, 3.8) is 0 Å². The van der Waals surface area contributed by atoms with Gasteiger partial charge in [-0.15, -0.1) is 0 Å². The van der Waals surface area contributed by atoms with Crippen molar-refractivity contribution in [2.75, 3.05) is 7.11 Å². The quantitative estimate of drug-likeness (QED) is 0.316. The standard InChI is InChI=1S/C7H12O5/c1-7(2,3)5(8)11-12-6(9)10-4/h1-4H3. The normalized spacial score (nSPS) is 10.3. The van der Waals surface area contributed by atoms with Crippen molar-refractivity contribution < 1.29 is 24.1 Å². The summed E-state index contributed by atoms with van der Waals surface area (Å²) in [5.74, 6) is -0.632. The van der Waals surface area contributed by atoms with Gasteiger partial charge in [0.05, 0.1) is 12.5 Å². The second-order valence-electron chi connectivity index (χ2n) is 3.16. The molecule has 0 aromatic carbocycles. The van der Waals surface area contributed by atoms with Crippen LogP contribution in [0.25, 0.3) is 0 Å². The van der Waals surface area contributed by atoms with Crippen molar-refractivity contribution in [1.82, 2.24) is 0 Å². The van der Waals surface area contributed by atoms with Crippen LogP contribution < -0.4 is 0 Å². The van der Waals surface area contributed by atoms with E-state index in [9.17, 15) is 9.59 Å². The molecule has 0 radical (unpaired) electrons. The monoisotopic (exact) mass is 176 g/mol. The molecule has 70 valence electrons. The highest BCUT2D eigenvalue weighted by Gasteiger charge is 2.25. The van der Waals surface area contributed by atoms with Crippen LogP contribution in [0.15, 0.2) is 0 Å². The van der Waals surface area contributed by atoms with Crippen LogP contribution in [0.3, 0.4) is 0 Å². The summed E-state index contributed by atoms with van der Waals surface area (Å²) in [6, 6.07) is 0. The predicted octanol–water partition coefficient (Wildman–Crippen LogP) is 1.27. The third kappa shape index (κ3) is 3.80. The Morgan fingerprint density at radius 3 is 1.92 bits per heavy atom. The second-order valence-corrected chi connectivity index (χ2v) is 3.16. The van der Waals surface area contributed by atoms with Crippen molar-refractivity contribution in [2.45, 2.75) is 20.8 Å². The van der Waals surface area contributed by atoms with E-state index in [1.807, 2.05) is 0 Å². The maximum atomic E-state index is 10.9. The molecular weight excluding hydrogens is 164 g/mol. The molecule has 5 nitrogen and oxygen atoms in total. The molecule has 0 fully saturated rings. The molecule has 0 saturated carbocycles. The van der Waals surface area contributed by atoms with Gasteiger partial charge in [0.15, 0.2) is 0 Å². The summed E-state index contributed by atoms with van der Waals surface area (Å²) in [4.78, 5) is 29.4. The molecule has 0 amide bonds. The van der Waals surface area contributed by atoms with Gasteiger partial charge in [0.25, 0.3) is 0 Å². The van der Waals surface area contributed by atoms with Crippen LogP contribution in [0.1, 0.15) is 20.8 Å². The third-order valence-corrected chi connectivity index (χ3v) is 0.964. The van der Waals surface area contributed by atoms with Gasteiger partial charge in [0.1, 0.15) is 0 Å². The highest BCUT2D eigenvalue weighted by atomic mass is 17.2. The van der Waals surface area contributed by atoms with E-state index in [2.05, 4.69) is 14.5 Å². The van der Waals surface area contributed by atoms with E-state index >= 15 is 0 Å².